The Morgan fingerprint density at radius 3 is 2.00 bits per heavy atom. The average Bonchev–Trinajstić information content (AvgIpc) is 1.98. The number of carboxylic acid groups (broad SMARTS) is 2. The van der Waals surface area contributed by atoms with Gasteiger partial charge in [0, 0.05) is 0 Å². The summed E-state index contributed by atoms with van der Waals surface area (Å²) in [5.41, 5.74) is 0. The van der Waals surface area contributed by atoms with Gasteiger partial charge in [-0.05, 0) is 6.92 Å². The van der Waals surface area contributed by atoms with E-state index in [1.54, 1.807) is 0 Å². The minimum Gasteiger partial charge on any atom is -0.450 e. The quantitative estimate of drug-likeness (QED) is 0.545. The molecule has 0 heterocycles. The van der Waals surface area contributed by atoms with Crippen molar-refractivity contribution in [1.82, 2.24) is 0 Å². The van der Waals surface area contributed by atoms with Gasteiger partial charge in [0.2, 0.25) is 0 Å². The summed E-state index contributed by atoms with van der Waals surface area (Å²) in [7, 11) is 0. The number of rotatable bonds is 4. The second-order valence-corrected chi connectivity index (χ2v) is 2.19. The van der Waals surface area contributed by atoms with Crippen LogP contribution in [0.2, 0.25) is 0 Å². The van der Waals surface area contributed by atoms with E-state index in [1.165, 1.54) is 6.92 Å². The molecule has 0 aromatic rings. The molecule has 0 radical (unpaired) electrons. The van der Waals surface area contributed by atoms with Gasteiger partial charge in [-0.1, -0.05) is 0 Å². The fraction of sp³-hybridized carbons (Fsp3) is 0.667. The van der Waals surface area contributed by atoms with Crippen molar-refractivity contribution in [3.63, 3.8) is 0 Å². The van der Waals surface area contributed by atoms with E-state index >= 15 is 0 Å². The van der Waals surface area contributed by atoms with Crippen LogP contribution in [0.15, 0.2) is 0 Å². The molecule has 0 saturated carbocycles. The van der Waals surface area contributed by atoms with Crippen molar-refractivity contribution >= 4 is 12.3 Å². The lowest BCUT2D eigenvalue weighted by Crippen LogP contribution is -2.35. The summed E-state index contributed by atoms with van der Waals surface area (Å²) in [6, 6.07) is 0. The Morgan fingerprint density at radius 1 is 1.23 bits per heavy atom. The van der Waals surface area contributed by atoms with Crippen LogP contribution in [0.5, 0.6) is 0 Å². The number of ether oxygens (including phenoxy) is 2. The number of aliphatic hydroxyl groups is 1. The van der Waals surface area contributed by atoms with Crippen LogP contribution >= 0.6 is 0 Å². The Kier molecular flexibility index (Phi) is 4.60. The van der Waals surface area contributed by atoms with Gasteiger partial charge in [0.1, 0.15) is 6.10 Å². The molecule has 2 unspecified atom stereocenters. The molecule has 0 rings (SSSR count). The molecule has 0 aromatic heterocycles. The Morgan fingerprint density at radius 2 is 1.69 bits per heavy atom. The Bertz CT molecular complexity index is 189. The number of aliphatic hydroxyl groups excluding tert-OH is 1. The van der Waals surface area contributed by atoms with Crippen LogP contribution in [0.1, 0.15) is 6.92 Å². The summed E-state index contributed by atoms with van der Waals surface area (Å²) in [4.78, 5) is 20.0. The molecule has 0 aliphatic carbocycles. The van der Waals surface area contributed by atoms with E-state index in [0.717, 1.165) is 0 Å². The maximum Gasteiger partial charge on any atom is 0.506 e. The standard InChI is InChI=1S/C6H10O7/c1-3(12-5(8)9)4(2-7)13-6(10)11/h3-4,7H,2H2,1H3,(H,8,9)(H,10,11). The van der Waals surface area contributed by atoms with Crippen molar-refractivity contribution < 1.29 is 34.4 Å². The highest BCUT2D eigenvalue weighted by Crippen LogP contribution is 2.03. The lowest BCUT2D eigenvalue weighted by molar-refractivity contribution is -0.0523. The van der Waals surface area contributed by atoms with Crippen molar-refractivity contribution in [2.45, 2.75) is 19.1 Å². The summed E-state index contributed by atoms with van der Waals surface area (Å²) < 4.78 is 8.31. The molecule has 0 aliphatic rings. The molecule has 7 heteroatoms. The highest BCUT2D eigenvalue weighted by molar-refractivity contribution is 5.58. The predicted octanol–water partition coefficient (Wildman–Crippen LogP) is 0.125. The van der Waals surface area contributed by atoms with Crippen molar-refractivity contribution in [2.75, 3.05) is 6.61 Å². The molecule has 13 heavy (non-hydrogen) atoms. The summed E-state index contributed by atoms with van der Waals surface area (Å²) >= 11 is 0. The molecule has 7 nitrogen and oxygen atoms in total. The van der Waals surface area contributed by atoms with E-state index in [4.69, 9.17) is 15.3 Å². The van der Waals surface area contributed by atoms with E-state index in [9.17, 15) is 9.59 Å². The van der Waals surface area contributed by atoms with Crippen LogP contribution in [0.4, 0.5) is 9.59 Å². The van der Waals surface area contributed by atoms with Gasteiger partial charge in [0.25, 0.3) is 0 Å². The van der Waals surface area contributed by atoms with Crippen molar-refractivity contribution in [3.05, 3.63) is 0 Å². The monoisotopic (exact) mass is 194 g/mol. The summed E-state index contributed by atoms with van der Waals surface area (Å²) in [5, 5.41) is 24.9. The predicted molar refractivity (Wildman–Crippen MR) is 38.6 cm³/mol. The van der Waals surface area contributed by atoms with Crippen LogP contribution in [0, 0.1) is 0 Å². The highest BCUT2D eigenvalue weighted by atomic mass is 16.7. The minimum absolute atomic E-state index is 0.638. The van der Waals surface area contributed by atoms with Gasteiger partial charge in [-0.25, -0.2) is 9.59 Å². The third kappa shape index (κ3) is 4.86. The normalized spacial score (nSPS) is 14.3. The van der Waals surface area contributed by atoms with Crippen LogP contribution < -0.4 is 0 Å². The first-order valence-electron chi connectivity index (χ1n) is 3.37. The molecule has 0 aliphatic heterocycles. The lowest BCUT2D eigenvalue weighted by atomic mass is 10.2. The summed E-state index contributed by atoms with van der Waals surface area (Å²) in [5.74, 6) is 0. The zero-order valence-corrected chi connectivity index (χ0v) is 6.84. The molecule has 0 bridgehead atoms. The maximum atomic E-state index is 10.0. The third-order valence-electron chi connectivity index (χ3n) is 1.24. The zero-order chi connectivity index (χ0) is 10.4. The Labute approximate surface area is 73.5 Å². The summed E-state index contributed by atoms with van der Waals surface area (Å²) in [6.07, 6.45) is -5.40. The second kappa shape index (κ2) is 5.20. The van der Waals surface area contributed by atoms with Crippen molar-refractivity contribution in [2.24, 2.45) is 0 Å². The third-order valence-corrected chi connectivity index (χ3v) is 1.24. The zero-order valence-electron chi connectivity index (χ0n) is 6.84. The topological polar surface area (TPSA) is 113 Å². The first-order valence-corrected chi connectivity index (χ1v) is 3.37. The molecule has 0 aromatic carbocycles. The van der Waals surface area contributed by atoms with E-state index in [0.29, 0.717) is 0 Å². The number of carbonyl (C=O) groups is 2. The summed E-state index contributed by atoms with van der Waals surface area (Å²) in [6.45, 7) is 0.638. The van der Waals surface area contributed by atoms with Crippen molar-refractivity contribution in [1.29, 1.82) is 0 Å². The minimum atomic E-state index is -1.60. The average molecular weight is 194 g/mol. The highest BCUT2D eigenvalue weighted by Gasteiger charge is 2.23. The molecule has 0 fully saturated rings. The van der Waals surface area contributed by atoms with E-state index in [-0.39, 0.29) is 0 Å². The first kappa shape index (κ1) is 11.5. The lowest BCUT2D eigenvalue weighted by Gasteiger charge is -2.19. The smallest absolute Gasteiger partial charge is 0.450 e. The van der Waals surface area contributed by atoms with Gasteiger partial charge in [-0.2, -0.15) is 0 Å². The molecule has 3 N–H and O–H groups in total. The van der Waals surface area contributed by atoms with E-state index in [1.807, 2.05) is 0 Å². The number of hydrogen-bond donors (Lipinski definition) is 3. The largest absolute Gasteiger partial charge is 0.506 e. The molecule has 76 valence electrons. The van der Waals surface area contributed by atoms with Gasteiger partial charge < -0.3 is 24.8 Å². The molecule has 0 saturated heterocycles. The fourth-order valence-electron chi connectivity index (χ4n) is 0.646. The number of hydrogen-bond acceptors (Lipinski definition) is 5. The van der Waals surface area contributed by atoms with Crippen LogP contribution in [0.3, 0.4) is 0 Å². The van der Waals surface area contributed by atoms with E-state index in [2.05, 4.69) is 9.47 Å². The fourth-order valence-corrected chi connectivity index (χ4v) is 0.646. The van der Waals surface area contributed by atoms with Gasteiger partial charge in [-0.15, -0.1) is 0 Å². The van der Waals surface area contributed by atoms with E-state index < -0.39 is 31.1 Å². The SMILES string of the molecule is CC(OC(=O)O)C(CO)OC(=O)O. The second-order valence-electron chi connectivity index (χ2n) is 2.19. The van der Waals surface area contributed by atoms with Gasteiger partial charge >= 0.3 is 12.3 Å². The van der Waals surface area contributed by atoms with Crippen LogP contribution in [-0.4, -0.2) is 46.4 Å². The molecule has 0 amide bonds. The molecule has 0 spiro atoms. The van der Waals surface area contributed by atoms with Gasteiger partial charge in [0.15, 0.2) is 6.10 Å². The van der Waals surface area contributed by atoms with Crippen LogP contribution in [-0.2, 0) is 9.47 Å². The molecule has 2 atom stereocenters. The molecular weight excluding hydrogens is 184 g/mol. The first-order chi connectivity index (χ1) is 5.97. The Balaban J connectivity index is 4.06. The molecular formula is C6H10O7. The van der Waals surface area contributed by atoms with Crippen molar-refractivity contribution in [3.8, 4) is 0 Å². The Hall–Kier alpha value is -1.50. The maximum absolute atomic E-state index is 10.0. The van der Waals surface area contributed by atoms with Gasteiger partial charge in [-0.3, -0.25) is 0 Å². The van der Waals surface area contributed by atoms with Gasteiger partial charge in [0.05, 0.1) is 6.61 Å². The van der Waals surface area contributed by atoms with Crippen LogP contribution in [0.25, 0.3) is 0 Å².